The number of carbonyl (C=O) groups is 1. The smallest absolute Gasteiger partial charge is 0.261 e. The zero-order valence-electron chi connectivity index (χ0n) is 12.6. The number of sulfone groups is 1. The Hall–Kier alpha value is -1.77. The summed E-state index contributed by atoms with van der Waals surface area (Å²) in [4.78, 5) is 18.4. The first-order valence-corrected chi connectivity index (χ1v) is 10.9. The molecular formula is C16H14N2O3S3. The number of hydrogen-bond donors (Lipinski definition) is 1. The van der Waals surface area contributed by atoms with Gasteiger partial charge in [-0.05, 0) is 30.7 Å². The third-order valence-electron chi connectivity index (χ3n) is 3.90. The molecule has 5 nitrogen and oxygen atoms in total. The molecule has 3 heterocycles. The van der Waals surface area contributed by atoms with Gasteiger partial charge in [-0.1, -0.05) is 12.1 Å². The predicted molar refractivity (Wildman–Crippen MR) is 97.5 cm³/mol. The van der Waals surface area contributed by atoms with Crippen molar-refractivity contribution in [1.82, 2.24) is 10.3 Å². The number of nitrogens with one attached hydrogen (secondary N) is 1. The molecule has 1 unspecified atom stereocenters. The van der Waals surface area contributed by atoms with Gasteiger partial charge >= 0.3 is 0 Å². The van der Waals surface area contributed by atoms with Crippen molar-refractivity contribution in [2.45, 2.75) is 12.5 Å². The Labute approximate surface area is 147 Å². The highest BCUT2D eigenvalue weighted by atomic mass is 32.2. The second-order valence-electron chi connectivity index (χ2n) is 5.72. The first kappa shape index (κ1) is 15.7. The topological polar surface area (TPSA) is 76.1 Å². The van der Waals surface area contributed by atoms with Crippen LogP contribution in [0.15, 0.2) is 36.4 Å². The van der Waals surface area contributed by atoms with Crippen LogP contribution >= 0.6 is 22.7 Å². The van der Waals surface area contributed by atoms with E-state index in [9.17, 15) is 13.2 Å². The van der Waals surface area contributed by atoms with Gasteiger partial charge in [0, 0.05) is 6.04 Å². The Morgan fingerprint density at radius 3 is 2.75 bits per heavy atom. The highest BCUT2D eigenvalue weighted by Gasteiger charge is 2.29. The lowest BCUT2D eigenvalue weighted by molar-refractivity contribution is 0.0945. The quantitative estimate of drug-likeness (QED) is 0.760. The zero-order chi connectivity index (χ0) is 16.7. The van der Waals surface area contributed by atoms with Crippen molar-refractivity contribution < 1.29 is 13.2 Å². The van der Waals surface area contributed by atoms with Gasteiger partial charge in [0.15, 0.2) is 9.84 Å². The van der Waals surface area contributed by atoms with E-state index in [0.717, 1.165) is 20.1 Å². The van der Waals surface area contributed by atoms with Gasteiger partial charge in [0.25, 0.3) is 5.91 Å². The SMILES string of the molecule is O=C(NC1CCS(=O)(=O)C1)c1ccc(-c2nc3ccccc3s2)s1. The molecule has 4 rings (SSSR count). The molecule has 0 radical (unpaired) electrons. The highest BCUT2D eigenvalue weighted by Crippen LogP contribution is 2.34. The highest BCUT2D eigenvalue weighted by molar-refractivity contribution is 7.91. The molecule has 0 spiro atoms. The summed E-state index contributed by atoms with van der Waals surface area (Å²) in [6.45, 7) is 0. The number of amides is 1. The van der Waals surface area contributed by atoms with Crippen molar-refractivity contribution in [3.05, 3.63) is 41.3 Å². The lowest BCUT2D eigenvalue weighted by Crippen LogP contribution is -2.35. The number of thiophene rings is 1. The second kappa shape index (κ2) is 5.94. The monoisotopic (exact) mass is 378 g/mol. The first-order valence-electron chi connectivity index (χ1n) is 7.47. The molecule has 1 aliphatic heterocycles. The number of thiazole rings is 1. The summed E-state index contributed by atoms with van der Waals surface area (Å²) in [5.74, 6) is -0.0248. The number of hydrogen-bond acceptors (Lipinski definition) is 6. The van der Waals surface area contributed by atoms with Crippen LogP contribution in [0.4, 0.5) is 0 Å². The molecule has 1 amide bonds. The third-order valence-corrected chi connectivity index (χ3v) is 7.96. The minimum atomic E-state index is -3.00. The Balaban J connectivity index is 1.53. The second-order valence-corrected chi connectivity index (χ2v) is 10.1. The summed E-state index contributed by atoms with van der Waals surface area (Å²) >= 11 is 2.98. The van der Waals surface area contributed by atoms with Crippen LogP contribution in [0.3, 0.4) is 0 Å². The average molecular weight is 379 g/mol. The van der Waals surface area contributed by atoms with Crippen LogP contribution in [0, 0.1) is 0 Å². The van der Waals surface area contributed by atoms with Crippen LogP contribution in [0.25, 0.3) is 20.1 Å². The molecule has 1 aromatic carbocycles. The predicted octanol–water partition coefficient (Wildman–Crippen LogP) is 2.94. The van der Waals surface area contributed by atoms with Crippen LogP contribution in [0.1, 0.15) is 16.1 Å². The largest absolute Gasteiger partial charge is 0.348 e. The summed E-state index contributed by atoms with van der Waals surface area (Å²) < 4.78 is 24.1. The van der Waals surface area contributed by atoms with Gasteiger partial charge in [0.05, 0.1) is 31.5 Å². The third kappa shape index (κ3) is 3.09. The van der Waals surface area contributed by atoms with Crippen LogP contribution in [0.2, 0.25) is 0 Å². The van der Waals surface area contributed by atoms with E-state index in [4.69, 9.17) is 0 Å². The summed E-state index contributed by atoms with van der Waals surface area (Å²) in [5.41, 5.74) is 0.952. The number of nitrogens with zero attached hydrogens (tertiary/aromatic N) is 1. The van der Waals surface area contributed by atoms with Crippen molar-refractivity contribution in [2.75, 3.05) is 11.5 Å². The van der Waals surface area contributed by atoms with Gasteiger partial charge in [-0.3, -0.25) is 4.79 Å². The first-order chi connectivity index (χ1) is 11.5. The van der Waals surface area contributed by atoms with Crippen molar-refractivity contribution in [3.63, 3.8) is 0 Å². The molecule has 124 valence electrons. The molecular weight excluding hydrogens is 364 g/mol. The van der Waals surface area contributed by atoms with Gasteiger partial charge < -0.3 is 5.32 Å². The zero-order valence-corrected chi connectivity index (χ0v) is 15.0. The molecule has 1 fully saturated rings. The van der Waals surface area contributed by atoms with E-state index in [1.54, 1.807) is 17.4 Å². The van der Waals surface area contributed by atoms with E-state index < -0.39 is 9.84 Å². The molecule has 3 aromatic rings. The maximum Gasteiger partial charge on any atom is 0.261 e. The molecule has 1 saturated heterocycles. The van der Waals surface area contributed by atoms with Gasteiger partial charge in [-0.2, -0.15) is 0 Å². The molecule has 1 N–H and O–H groups in total. The Kier molecular flexibility index (Phi) is 3.90. The van der Waals surface area contributed by atoms with Crippen LogP contribution in [-0.2, 0) is 9.84 Å². The molecule has 0 saturated carbocycles. The van der Waals surface area contributed by atoms with E-state index in [0.29, 0.717) is 11.3 Å². The summed E-state index contributed by atoms with van der Waals surface area (Å²) in [6.07, 6.45) is 0.490. The maximum atomic E-state index is 12.3. The molecule has 0 bridgehead atoms. The summed E-state index contributed by atoms with van der Waals surface area (Å²) in [5, 5.41) is 3.71. The molecule has 8 heteroatoms. The fraction of sp³-hybridized carbons (Fsp3) is 0.250. The number of carbonyl (C=O) groups excluding carboxylic acids is 1. The van der Waals surface area contributed by atoms with Crippen molar-refractivity contribution in [1.29, 1.82) is 0 Å². The molecule has 1 atom stereocenters. The Bertz CT molecular complexity index is 987. The summed E-state index contributed by atoms with van der Waals surface area (Å²) in [7, 11) is -3.00. The van der Waals surface area contributed by atoms with E-state index in [1.807, 2.05) is 30.3 Å². The minimum Gasteiger partial charge on any atom is -0.348 e. The normalized spacial score (nSPS) is 19.6. The average Bonchev–Trinajstić information content (AvgIpc) is 3.24. The Morgan fingerprint density at radius 1 is 1.17 bits per heavy atom. The van der Waals surface area contributed by atoms with Crippen molar-refractivity contribution in [3.8, 4) is 9.88 Å². The number of rotatable bonds is 3. The van der Waals surface area contributed by atoms with Crippen LogP contribution in [-0.4, -0.2) is 36.9 Å². The summed E-state index contributed by atoms with van der Waals surface area (Å²) in [6, 6.07) is 11.3. The standard InChI is InChI=1S/C16H14N2O3S3/c19-15(17-10-7-8-24(20,21)9-10)13-5-6-14(22-13)16-18-11-3-1-2-4-12(11)23-16/h1-6,10H,7-9H2,(H,17,19). The van der Waals surface area contributed by atoms with Crippen LogP contribution in [0.5, 0.6) is 0 Å². The van der Waals surface area contributed by atoms with Gasteiger partial charge in [-0.25, -0.2) is 13.4 Å². The number of para-hydroxylation sites is 1. The van der Waals surface area contributed by atoms with Crippen molar-refractivity contribution in [2.24, 2.45) is 0 Å². The fourth-order valence-electron chi connectivity index (χ4n) is 2.72. The van der Waals surface area contributed by atoms with Crippen molar-refractivity contribution >= 4 is 48.6 Å². The fourth-order valence-corrected chi connectivity index (χ4v) is 6.32. The van der Waals surface area contributed by atoms with E-state index in [-0.39, 0.29) is 23.5 Å². The number of aromatic nitrogens is 1. The van der Waals surface area contributed by atoms with E-state index in [1.165, 1.54) is 11.3 Å². The van der Waals surface area contributed by atoms with E-state index >= 15 is 0 Å². The van der Waals surface area contributed by atoms with Crippen LogP contribution < -0.4 is 5.32 Å². The maximum absolute atomic E-state index is 12.3. The molecule has 0 aliphatic carbocycles. The van der Waals surface area contributed by atoms with Gasteiger partial charge in [0.2, 0.25) is 0 Å². The van der Waals surface area contributed by atoms with Gasteiger partial charge in [-0.15, -0.1) is 22.7 Å². The molecule has 1 aliphatic rings. The lowest BCUT2D eigenvalue weighted by atomic mass is 10.2. The number of fused-ring (bicyclic) bond motifs is 1. The molecule has 2 aromatic heterocycles. The minimum absolute atomic E-state index is 0.0365. The Morgan fingerprint density at radius 2 is 2.00 bits per heavy atom. The van der Waals surface area contributed by atoms with E-state index in [2.05, 4.69) is 10.3 Å². The number of benzene rings is 1. The molecule has 24 heavy (non-hydrogen) atoms. The van der Waals surface area contributed by atoms with Gasteiger partial charge in [0.1, 0.15) is 5.01 Å². The lowest BCUT2D eigenvalue weighted by Gasteiger charge is -2.09.